The van der Waals surface area contributed by atoms with Gasteiger partial charge in [-0.1, -0.05) is 12.1 Å². The number of methoxy groups -OCH3 is 6. The van der Waals surface area contributed by atoms with E-state index >= 15 is 0 Å². The number of aryl methyl sites for hydroxylation is 2. The van der Waals surface area contributed by atoms with Gasteiger partial charge in [-0.25, -0.2) is 4.57 Å². The number of hydrogen-bond donors (Lipinski definition) is 3. The number of rotatable bonds is 16. The highest BCUT2D eigenvalue weighted by atomic mass is 32.2. The lowest BCUT2D eigenvalue weighted by molar-refractivity contribution is -0.125. The fraction of sp³-hybridized carbons (Fsp3) is 0.364. The van der Waals surface area contributed by atoms with Crippen LogP contribution < -0.4 is 49.9 Å². The first-order chi connectivity index (χ1) is 30.3. The highest BCUT2D eigenvalue weighted by Gasteiger charge is 2.33. The molecule has 0 saturated heterocycles. The van der Waals surface area contributed by atoms with Gasteiger partial charge in [0.2, 0.25) is 23.3 Å². The van der Waals surface area contributed by atoms with Crippen molar-refractivity contribution in [3.05, 3.63) is 91.2 Å². The molecule has 4 aromatic carbocycles. The Kier molecular flexibility index (Phi) is 15.4. The molecule has 0 radical (unpaired) electrons. The smallest absolute Gasteiger partial charge is 0.473 e. The summed E-state index contributed by atoms with van der Waals surface area (Å²) in [5.41, 5.74) is 4.62. The van der Waals surface area contributed by atoms with Crippen molar-refractivity contribution in [1.82, 2.24) is 10.6 Å². The van der Waals surface area contributed by atoms with E-state index in [1.807, 2.05) is 12.1 Å². The van der Waals surface area contributed by atoms with Crippen LogP contribution in [0, 0.1) is 0 Å². The molecule has 2 atom stereocenters. The van der Waals surface area contributed by atoms with E-state index in [1.165, 1.54) is 78.3 Å². The Labute approximate surface area is 372 Å². The predicted octanol–water partition coefficient (Wildman–Crippen LogP) is 6.28. The molecule has 336 valence electrons. The SMILES string of the molecule is COc1cc2c(c(OC)c1OC)-c1ccc(SC)c(=O)cc1C(NC(=O)COP(=O)(O)OCC(=O)NC1CCc3cc(OC)c(OC)c(OC)c3-c3ccc(SC)c(=O)cc31)CC2. The summed E-state index contributed by atoms with van der Waals surface area (Å²) in [4.78, 5) is 65.1. The molecule has 2 amide bonds. The zero-order valence-corrected chi connectivity index (χ0v) is 38.6. The normalized spacial score (nSPS) is 16.0. The molecule has 0 heterocycles. The van der Waals surface area contributed by atoms with Crippen LogP contribution in [0.2, 0.25) is 0 Å². The van der Waals surface area contributed by atoms with Crippen LogP contribution in [0.4, 0.5) is 0 Å². The number of amides is 2. The maximum atomic E-state index is 13.4. The van der Waals surface area contributed by atoms with Crippen LogP contribution in [0.15, 0.2) is 67.9 Å². The van der Waals surface area contributed by atoms with E-state index in [2.05, 4.69) is 10.6 Å². The number of carbonyl (C=O) groups excluding carboxylic acids is 2. The van der Waals surface area contributed by atoms with Gasteiger partial charge in [-0.05, 0) is 108 Å². The van der Waals surface area contributed by atoms with E-state index in [0.717, 1.165) is 11.1 Å². The molecule has 63 heavy (non-hydrogen) atoms. The fourth-order valence-electron chi connectivity index (χ4n) is 8.02. The topological polar surface area (TPSA) is 203 Å². The fourth-order valence-corrected chi connectivity index (χ4v) is 9.59. The second kappa shape index (κ2) is 20.5. The number of phosphoric ester groups is 1. The van der Waals surface area contributed by atoms with Gasteiger partial charge in [0.15, 0.2) is 33.9 Å². The number of carbonyl (C=O) groups is 2. The Morgan fingerprint density at radius 1 is 0.619 bits per heavy atom. The van der Waals surface area contributed by atoms with Crippen LogP contribution in [-0.4, -0.2) is 85.1 Å². The third kappa shape index (κ3) is 9.96. The van der Waals surface area contributed by atoms with Crippen molar-refractivity contribution < 1.29 is 56.5 Å². The molecule has 2 unspecified atom stereocenters. The number of nitrogens with one attached hydrogen (secondary N) is 2. The minimum atomic E-state index is -4.99. The van der Waals surface area contributed by atoms with Crippen LogP contribution in [0.25, 0.3) is 22.3 Å². The summed E-state index contributed by atoms with van der Waals surface area (Å²) in [5, 5.41) is 5.69. The Morgan fingerprint density at radius 3 is 1.33 bits per heavy atom. The first-order valence-corrected chi connectivity index (χ1v) is 23.5. The molecule has 0 saturated carbocycles. The third-order valence-electron chi connectivity index (χ3n) is 10.8. The molecule has 4 aromatic rings. The first-order valence-electron chi connectivity index (χ1n) is 19.6. The maximum absolute atomic E-state index is 13.4. The van der Waals surface area contributed by atoms with Gasteiger partial charge in [0, 0.05) is 11.1 Å². The van der Waals surface area contributed by atoms with Crippen molar-refractivity contribution in [2.75, 3.05) is 68.4 Å². The van der Waals surface area contributed by atoms with E-state index < -0.39 is 44.9 Å². The number of ether oxygens (including phenoxy) is 6. The van der Waals surface area contributed by atoms with Crippen LogP contribution in [0.1, 0.15) is 47.2 Å². The summed E-state index contributed by atoms with van der Waals surface area (Å²) in [5.74, 6) is 0.803. The minimum Gasteiger partial charge on any atom is -0.493 e. The molecular weight excluding hydrogens is 876 g/mol. The maximum Gasteiger partial charge on any atom is 0.473 e. The second-order valence-electron chi connectivity index (χ2n) is 14.3. The molecule has 0 spiro atoms. The summed E-state index contributed by atoms with van der Waals surface area (Å²) in [7, 11) is 4.02. The van der Waals surface area contributed by atoms with Gasteiger partial charge in [0.1, 0.15) is 13.2 Å². The van der Waals surface area contributed by atoms with Gasteiger partial charge in [-0.15, -0.1) is 23.5 Å². The van der Waals surface area contributed by atoms with Crippen LogP contribution >= 0.6 is 31.3 Å². The summed E-state index contributed by atoms with van der Waals surface area (Å²) < 4.78 is 57.4. The largest absolute Gasteiger partial charge is 0.493 e. The summed E-state index contributed by atoms with van der Waals surface area (Å²) in [6.07, 6.45) is 5.04. The summed E-state index contributed by atoms with van der Waals surface area (Å²) >= 11 is 2.55. The molecule has 0 fully saturated rings. The molecule has 6 rings (SSSR count). The van der Waals surface area contributed by atoms with E-state index in [-0.39, 0.29) is 10.9 Å². The number of phosphoric acid groups is 1. The van der Waals surface area contributed by atoms with Crippen molar-refractivity contribution >= 4 is 43.2 Å². The monoisotopic (exact) mass is 924 g/mol. The molecule has 3 N–H and O–H groups in total. The van der Waals surface area contributed by atoms with Crippen molar-refractivity contribution in [2.45, 2.75) is 47.6 Å². The lowest BCUT2D eigenvalue weighted by Gasteiger charge is -2.21. The summed E-state index contributed by atoms with van der Waals surface area (Å²) in [6, 6.07) is 12.1. The van der Waals surface area contributed by atoms with Gasteiger partial charge in [0.05, 0.1) is 64.5 Å². The van der Waals surface area contributed by atoms with E-state index in [4.69, 9.17) is 37.5 Å². The number of benzene rings is 2. The first kappa shape index (κ1) is 47.3. The van der Waals surface area contributed by atoms with E-state index in [0.29, 0.717) is 103 Å². The van der Waals surface area contributed by atoms with Gasteiger partial charge in [-0.2, -0.15) is 0 Å². The zero-order chi connectivity index (χ0) is 45.6. The third-order valence-corrected chi connectivity index (χ3v) is 13.3. The van der Waals surface area contributed by atoms with Gasteiger partial charge in [0.25, 0.3) is 0 Å². The molecular formula is C44H49N2O14PS2. The number of thioether (sulfide) groups is 2. The Bertz CT molecular complexity index is 2420. The average molecular weight is 925 g/mol. The van der Waals surface area contributed by atoms with Gasteiger partial charge < -0.3 is 43.9 Å². The molecule has 0 bridgehead atoms. The molecule has 2 aliphatic carbocycles. The Balaban J connectivity index is 1.18. The van der Waals surface area contributed by atoms with E-state index in [1.54, 1.807) is 36.8 Å². The molecule has 16 nitrogen and oxygen atoms in total. The zero-order valence-electron chi connectivity index (χ0n) is 36.0. The minimum absolute atomic E-state index is 0.266. The predicted molar refractivity (Wildman–Crippen MR) is 239 cm³/mol. The Morgan fingerprint density at radius 2 is 1.00 bits per heavy atom. The number of fused-ring (bicyclic) bond motifs is 6. The number of hydrogen-bond acceptors (Lipinski definition) is 15. The lowest BCUT2D eigenvalue weighted by Crippen LogP contribution is -2.33. The average Bonchev–Trinajstić information content (AvgIpc) is 3.68. The molecule has 2 aliphatic rings. The summed E-state index contributed by atoms with van der Waals surface area (Å²) in [6.45, 7) is -1.83. The molecule has 19 heteroatoms. The van der Waals surface area contributed by atoms with Crippen molar-refractivity contribution in [3.63, 3.8) is 0 Å². The van der Waals surface area contributed by atoms with Crippen molar-refractivity contribution in [1.29, 1.82) is 0 Å². The van der Waals surface area contributed by atoms with Crippen LogP contribution in [-0.2, 0) is 36.0 Å². The van der Waals surface area contributed by atoms with Gasteiger partial charge in [-0.3, -0.25) is 28.2 Å². The highest BCUT2D eigenvalue weighted by molar-refractivity contribution is 7.98. The standard InChI is InChI=1S/C44H49N2O14PS2/c1-53-33-17-23-9-13-29(27-19-31(47)35(62-7)15-11-25(27)39(23)43(57-5)41(33)55-3)45-37(49)21-59-61(51,52)60-22-38(50)46-30-14-10-24-18-34(54-2)42(56-4)44(58-6)40(24)26-12-16-36(63-8)32(48)20-28(26)30/h11-12,15-20,29-30H,9-10,13-14,21-22H2,1-8H3,(H,45,49)(H,46,50)(H,51,52). The van der Waals surface area contributed by atoms with Crippen molar-refractivity contribution in [3.8, 4) is 56.8 Å². The molecule has 0 aliphatic heterocycles. The van der Waals surface area contributed by atoms with Crippen molar-refractivity contribution in [2.24, 2.45) is 0 Å². The lowest BCUT2D eigenvalue weighted by atomic mass is 9.95. The van der Waals surface area contributed by atoms with Crippen LogP contribution in [0.3, 0.4) is 0 Å². The second-order valence-corrected chi connectivity index (χ2v) is 17.4. The molecule has 0 aromatic heterocycles. The Hall–Kier alpha value is -5.23. The quantitative estimate of drug-likeness (QED) is 0.0836. The van der Waals surface area contributed by atoms with Gasteiger partial charge >= 0.3 is 7.82 Å². The van der Waals surface area contributed by atoms with Crippen LogP contribution in [0.5, 0.6) is 34.5 Å². The van der Waals surface area contributed by atoms with E-state index in [9.17, 15) is 28.6 Å². The highest BCUT2D eigenvalue weighted by Crippen LogP contribution is 2.52.